The highest BCUT2D eigenvalue weighted by Gasteiger charge is 2.30. The summed E-state index contributed by atoms with van der Waals surface area (Å²) in [4.78, 5) is 27.4. The summed E-state index contributed by atoms with van der Waals surface area (Å²) in [6.45, 7) is 3.13. The van der Waals surface area contributed by atoms with Gasteiger partial charge in [-0.15, -0.1) is 0 Å². The Labute approximate surface area is 169 Å². The second-order valence-corrected chi connectivity index (χ2v) is 8.08. The van der Waals surface area contributed by atoms with Gasteiger partial charge in [-0.2, -0.15) is 0 Å². The van der Waals surface area contributed by atoms with Gasteiger partial charge in [-0.1, -0.05) is 5.73 Å². The summed E-state index contributed by atoms with van der Waals surface area (Å²) in [6.07, 6.45) is 6.37. The van der Waals surface area contributed by atoms with Crippen molar-refractivity contribution in [3.05, 3.63) is 40.7 Å². The summed E-state index contributed by atoms with van der Waals surface area (Å²) >= 11 is 0. The van der Waals surface area contributed by atoms with Gasteiger partial charge < -0.3 is 19.4 Å². The fourth-order valence-corrected chi connectivity index (χ4v) is 4.60. The standard InChI is InChI=1S/C22H26N4O3/c1-28-17-12-16(13-17)22(27)26-8-3-14(4-9-26)18-2-7-23-21-19(18)24-20(25-21)15-5-10-29-11-6-15/h2,7,14-15H,3-6,8-12H2,1H3,(H,23,24,25). The molecule has 0 spiro atoms. The predicted octanol–water partition coefficient (Wildman–Crippen LogP) is 3.02. The van der Waals surface area contributed by atoms with Gasteiger partial charge in [0.05, 0.1) is 24.6 Å². The number of H-pyrrole nitrogens is 1. The van der Waals surface area contributed by atoms with Crippen LogP contribution in [0.4, 0.5) is 0 Å². The second kappa shape index (κ2) is 7.65. The molecule has 4 heterocycles. The van der Waals surface area contributed by atoms with Gasteiger partial charge in [0.1, 0.15) is 11.6 Å². The number of amides is 1. The van der Waals surface area contributed by atoms with Crippen LogP contribution in [0.1, 0.15) is 55.3 Å². The van der Waals surface area contributed by atoms with Crippen LogP contribution < -0.4 is 0 Å². The summed E-state index contributed by atoms with van der Waals surface area (Å²) in [6, 6.07) is 2.11. The van der Waals surface area contributed by atoms with E-state index in [9.17, 15) is 4.79 Å². The zero-order valence-corrected chi connectivity index (χ0v) is 16.7. The maximum Gasteiger partial charge on any atom is 0.258 e. The molecule has 0 radical (unpaired) electrons. The molecule has 2 aromatic heterocycles. The maximum absolute atomic E-state index is 12.6. The molecule has 3 aliphatic rings. The third kappa shape index (κ3) is 3.45. The number of pyridine rings is 1. The number of ether oxygens (including phenoxy) is 2. The number of hydrogen-bond donors (Lipinski definition) is 1. The third-order valence-electron chi connectivity index (χ3n) is 6.40. The zero-order chi connectivity index (χ0) is 19.8. The number of methoxy groups -OCH3 is 1. The molecule has 1 N–H and O–H groups in total. The number of fused-ring (bicyclic) bond motifs is 1. The topological polar surface area (TPSA) is 80.3 Å². The minimum absolute atomic E-state index is 0.104. The molecule has 0 unspecified atom stereocenters. The van der Waals surface area contributed by atoms with Crippen molar-refractivity contribution in [3.8, 4) is 0 Å². The molecule has 2 saturated heterocycles. The average Bonchev–Trinajstić information content (AvgIpc) is 3.18. The number of rotatable bonds is 4. The van der Waals surface area contributed by atoms with E-state index in [1.807, 2.05) is 11.1 Å². The highest BCUT2D eigenvalue weighted by molar-refractivity contribution is 5.95. The van der Waals surface area contributed by atoms with Crippen molar-refractivity contribution < 1.29 is 14.3 Å². The van der Waals surface area contributed by atoms with E-state index in [0.29, 0.717) is 18.3 Å². The lowest BCUT2D eigenvalue weighted by Gasteiger charge is -2.33. The van der Waals surface area contributed by atoms with Crippen molar-refractivity contribution in [2.24, 2.45) is 0 Å². The van der Waals surface area contributed by atoms with Gasteiger partial charge in [-0.25, -0.2) is 9.97 Å². The van der Waals surface area contributed by atoms with E-state index in [2.05, 4.69) is 21.8 Å². The largest absolute Gasteiger partial charge is 0.493 e. The van der Waals surface area contributed by atoms with E-state index in [0.717, 1.165) is 80.3 Å². The number of hydrogen-bond acceptors (Lipinski definition) is 5. The Kier molecular flexibility index (Phi) is 4.86. The highest BCUT2D eigenvalue weighted by Crippen LogP contribution is 2.34. The molecule has 152 valence electrons. The van der Waals surface area contributed by atoms with E-state index >= 15 is 0 Å². The van der Waals surface area contributed by atoms with Gasteiger partial charge in [-0.05, 0) is 43.2 Å². The summed E-state index contributed by atoms with van der Waals surface area (Å²) < 4.78 is 10.6. The molecule has 29 heavy (non-hydrogen) atoms. The SMILES string of the molecule is COC1=C=C(C(=O)N2CCC(c3ccnc4nc(C5CCOCC5)[nH]c34)CC2)C1. The molecule has 1 amide bonds. The summed E-state index contributed by atoms with van der Waals surface area (Å²) in [5, 5.41) is 0. The van der Waals surface area contributed by atoms with Crippen LogP contribution in [0.3, 0.4) is 0 Å². The minimum Gasteiger partial charge on any atom is -0.493 e. The maximum atomic E-state index is 12.6. The molecule has 0 atom stereocenters. The van der Waals surface area contributed by atoms with E-state index in [-0.39, 0.29) is 5.91 Å². The first-order valence-corrected chi connectivity index (χ1v) is 10.5. The molecule has 7 nitrogen and oxygen atoms in total. The Hall–Kier alpha value is -2.63. The van der Waals surface area contributed by atoms with Gasteiger partial charge in [0.25, 0.3) is 5.91 Å². The Balaban J connectivity index is 1.31. The zero-order valence-electron chi connectivity index (χ0n) is 16.7. The molecule has 0 bridgehead atoms. The van der Waals surface area contributed by atoms with E-state index in [4.69, 9.17) is 14.5 Å². The van der Waals surface area contributed by atoms with Crippen LogP contribution in [-0.2, 0) is 14.3 Å². The Morgan fingerprint density at radius 2 is 2.00 bits per heavy atom. The number of piperidine rings is 1. The molecule has 1 aliphatic carbocycles. The van der Waals surface area contributed by atoms with Crippen molar-refractivity contribution >= 4 is 17.1 Å². The monoisotopic (exact) mass is 394 g/mol. The van der Waals surface area contributed by atoms with Crippen LogP contribution >= 0.6 is 0 Å². The number of carbonyl (C=O) groups excluding carboxylic acids is 1. The quantitative estimate of drug-likeness (QED) is 0.807. The number of carbonyl (C=O) groups is 1. The minimum atomic E-state index is 0.104. The molecular formula is C22H26N4O3. The number of nitrogens with one attached hydrogen (secondary N) is 1. The molecule has 5 rings (SSSR count). The van der Waals surface area contributed by atoms with Gasteiger partial charge in [0.2, 0.25) is 0 Å². The highest BCUT2D eigenvalue weighted by atomic mass is 16.5. The lowest BCUT2D eigenvalue weighted by Crippen LogP contribution is -2.39. The molecule has 0 aromatic carbocycles. The van der Waals surface area contributed by atoms with Gasteiger partial charge >= 0.3 is 0 Å². The summed E-state index contributed by atoms with van der Waals surface area (Å²) in [7, 11) is 1.62. The molecular weight excluding hydrogens is 368 g/mol. The van der Waals surface area contributed by atoms with Gasteiger partial charge in [0.15, 0.2) is 5.65 Å². The summed E-state index contributed by atoms with van der Waals surface area (Å²) in [5.41, 5.74) is 6.90. The number of nitrogens with zero attached hydrogens (tertiary/aromatic N) is 3. The fraction of sp³-hybridized carbons (Fsp3) is 0.545. The number of imidazole rings is 1. The molecule has 2 aliphatic heterocycles. The van der Waals surface area contributed by atoms with Crippen molar-refractivity contribution in [3.63, 3.8) is 0 Å². The molecule has 2 aromatic rings. The van der Waals surface area contributed by atoms with Gasteiger partial charge in [-0.3, -0.25) is 4.79 Å². The fourth-order valence-electron chi connectivity index (χ4n) is 4.60. The second-order valence-electron chi connectivity index (χ2n) is 8.08. The summed E-state index contributed by atoms with van der Waals surface area (Å²) in [5.74, 6) is 2.74. The normalized spacial score (nSPS) is 20.9. The molecule has 2 fully saturated rings. The molecule has 7 heteroatoms. The van der Waals surface area contributed by atoms with Crippen LogP contribution in [0, 0.1) is 0 Å². The molecule has 0 saturated carbocycles. The number of aromatic amines is 1. The van der Waals surface area contributed by atoms with Crippen molar-refractivity contribution in [1.29, 1.82) is 0 Å². The van der Waals surface area contributed by atoms with Gasteiger partial charge in [0, 0.05) is 38.4 Å². The van der Waals surface area contributed by atoms with E-state index in [1.165, 1.54) is 5.56 Å². The van der Waals surface area contributed by atoms with Crippen LogP contribution in [0.15, 0.2) is 29.3 Å². The van der Waals surface area contributed by atoms with Crippen LogP contribution in [-0.4, -0.2) is 59.2 Å². The van der Waals surface area contributed by atoms with Crippen LogP contribution in [0.5, 0.6) is 0 Å². The first-order valence-electron chi connectivity index (χ1n) is 10.5. The first kappa shape index (κ1) is 18.4. The number of likely N-dealkylation sites (tertiary alicyclic amines) is 1. The van der Waals surface area contributed by atoms with E-state index in [1.54, 1.807) is 7.11 Å². The van der Waals surface area contributed by atoms with E-state index < -0.39 is 0 Å². The third-order valence-corrected chi connectivity index (χ3v) is 6.40. The first-order chi connectivity index (χ1) is 14.2. The van der Waals surface area contributed by atoms with Crippen LogP contribution in [0.2, 0.25) is 0 Å². The van der Waals surface area contributed by atoms with Crippen molar-refractivity contribution in [2.45, 2.75) is 43.9 Å². The lowest BCUT2D eigenvalue weighted by molar-refractivity contribution is -0.128. The smallest absolute Gasteiger partial charge is 0.258 e. The Morgan fingerprint density at radius 1 is 1.24 bits per heavy atom. The van der Waals surface area contributed by atoms with Crippen LogP contribution in [0.25, 0.3) is 11.2 Å². The van der Waals surface area contributed by atoms with Crippen molar-refractivity contribution in [1.82, 2.24) is 19.9 Å². The number of aromatic nitrogens is 3. The Bertz CT molecular complexity index is 991. The van der Waals surface area contributed by atoms with Crippen molar-refractivity contribution in [2.75, 3.05) is 33.4 Å². The lowest BCUT2D eigenvalue weighted by atomic mass is 9.88. The predicted molar refractivity (Wildman–Crippen MR) is 107 cm³/mol. The average molecular weight is 394 g/mol. The Morgan fingerprint density at radius 3 is 2.72 bits per heavy atom.